The summed E-state index contributed by atoms with van der Waals surface area (Å²) in [5.41, 5.74) is 2.82. The molecule has 8 heteroatoms. The summed E-state index contributed by atoms with van der Waals surface area (Å²) in [7, 11) is 0. The Hall–Kier alpha value is -2.29. The van der Waals surface area contributed by atoms with E-state index in [0.717, 1.165) is 54.6 Å². The molecule has 0 unspecified atom stereocenters. The number of hydrogen-bond acceptors (Lipinski definition) is 6. The maximum absolute atomic E-state index is 11.1. The number of nitro benzene ring substituents is 1. The Kier molecular flexibility index (Phi) is 4.01. The zero-order chi connectivity index (χ0) is 16.5. The van der Waals surface area contributed by atoms with Crippen molar-refractivity contribution in [1.82, 2.24) is 19.6 Å². The molecular formula is C16H17N5O2S. The van der Waals surface area contributed by atoms with E-state index >= 15 is 0 Å². The van der Waals surface area contributed by atoms with Crippen LogP contribution < -0.4 is 5.32 Å². The van der Waals surface area contributed by atoms with Gasteiger partial charge in [0.15, 0.2) is 4.96 Å². The third kappa shape index (κ3) is 2.79. The van der Waals surface area contributed by atoms with Crippen molar-refractivity contribution in [3.63, 3.8) is 0 Å². The molecule has 0 atom stereocenters. The molecule has 4 rings (SSSR count). The maximum Gasteiger partial charge on any atom is 0.270 e. The zero-order valence-corrected chi connectivity index (χ0v) is 13.8. The zero-order valence-electron chi connectivity index (χ0n) is 13.0. The predicted octanol–water partition coefficient (Wildman–Crippen LogP) is 2.38. The average Bonchev–Trinajstić information content (AvgIpc) is 3.19. The smallest absolute Gasteiger partial charge is 0.270 e. The van der Waals surface area contributed by atoms with Crippen LogP contribution in [0.2, 0.25) is 0 Å². The van der Waals surface area contributed by atoms with Gasteiger partial charge in [0.2, 0.25) is 0 Å². The number of nitro groups is 1. The molecular weight excluding hydrogens is 326 g/mol. The van der Waals surface area contributed by atoms with Gasteiger partial charge in [-0.05, 0) is 0 Å². The first-order valence-electron chi connectivity index (χ1n) is 7.85. The molecule has 0 saturated carbocycles. The van der Waals surface area contributed by atoms with E-state index < -0.39 is 0 Å². The number of nitrogens with zero attached hydrogens (tertiary/aromatic N) is 4. The Balaban J connectivity index is 1.77. The van der Waals surface area contributed by atoms with Crippen molar-refractivity contribution in [3.8, 4) is 11.3 Å². The highest BCUT2D eigenvalue weighted by Crippen LogP contribution is 2.29. The molecule has 0 aliphatic carbocycles. The minimum Gasteiger partial charge on any atom is -0.314 e. The first-order valence-corrected chi connectivity index (χ1v) is 8.72. The number of hydrogen-bond donors (Lipinski definition) is 1. The van der Waals surface area contributed by atoms with Crippen molar-refractivity contribution < 1.29 is 4.92 Å². The lowest BCUT2D eigenvalue weighted by atomic mass is 10.1. The van der Waals surface area contributed by atoms with E-state index in [0.29, 0.717) is 0 Å². The molecule has 1 fully saturated rings. The molecule has 7 nitrogen and oxygen atoms in total. The fourth-order valence-electron chi connectivity index (χ4n) is 3.06. The highest BCUT2D eigenvalue weighted by Gasteiger charge is 2.20. The molecule has 2 aromatic heterocycles. The summed E-state index contributed by atoms with van der Waals surface area (Å²) in [6.07, 6.45) is 2.02. The summed E-state index contributed by atoms with van der Waals surface area (Å²) in [6, 6.07) is 6.72. The van der Waals surface area contributed by atoms with Crippen molar-refractivity contribution in [3.05, 3.63) is 51.7 Å². The van der Waals surface area contributed by atoms with Crippen LogP contribution in [0.3, 0.4) is 0 Å². The third-order valence-corrected chi connectivity index (χ3v) is 5.03. The summed E-state index contributed by atoms with van der Waals surface area (Å²) in [5, 5.41) is 16.4. The second-order valence-corrected chi connectivity index (χ2v) is 6.67. The molecule has 3 aromatic rings. The van der Waals surface area contributed by atoms with Gasteiger partial charge in [0.05, 0.1) is 16.3 Å². The Bertz CT molecular complexity index is 882. The van der Waals surface area contributed by atoms with Crippen molar-refractivity contribution in [2.45, 2.75) is 6.54 Å². The van der Waals surface area contributed by atoms with Gasteiger partial charge in [-0.3, -0.25) is 19.4 Å². The first-order chi connectivity index (χ1) is 11.7. The fraction of sp³-hybridized carbons (Fsp3) is 0.312. The average molecular weight is 343 g/mol. The van der Waals surface area contributed by atoms with E-state index in [1.165, 1.54) is 6.07 Å². The van der Waals surface area contributed by atoms with Crippen LogP contribution in [-0.4, -0.2) is 45.4 Å². The largest absolute Gasteiger partial charge is 0.314 e. The van der Waals surface area contributed by atoms with E-state index in [1.807, 2.05) is 17.6 Å². The Morgan fingerprint density at radius 3 is 2.96 bits per heavy atom. The summed E-state index contributed by atoms with van der Waals surface area (Å²) in [6.45, 7) is 4.74. The van der Waals surface area contributed by atoms with Crippen molar-refractivity contribution in [1.29, 1.82) is 0 Å². The van der Waals surface area contributed by atoms with E-state index in [1.54, 1.807) is 23.5 Å². The summed E-state index contributed by atoms with van der Waals surface area (Å²) >= 11 is 1.58. The van der Waals surface area contributed by atoms with Crippen LogP contribution in [0.15, 0.2) is 35.8 Å². The van der Waals surface area contributed by atoms with Gasteiger partial charge in [-0.2, -0.15) is 0 Å². The van der Waals surface area contributed by atoms with Crippen molar-refractivity contribution in [2.75, 3.05) is 26.2 Å². The van der Waals surface area contributed by atoms with Gasteiger partial charge >= 0.3 is 0 Å². The molecule has 1 saturated heterocycles. The molecule has 1 N–H and O–H groups in total. The lowest BCUT2D eigenvalue weighted by Gasteiger charge is -2.27. The summed E-state index contributed by atoms with van der Waals surface area (Å²) in [4.78, 5) is 18.7. The monoisotopic (exact) mass is 343 g/mol. The van der Waals surface area contributed by atoms with Crippen LogP contribution >= 0.6 is 11.3 Å². The van der Waals surface area contributed by atoms with E-state index in [9.17, 15) is 10.1 Å². The topological polar surface area (TPSA) is 75.7 Å². The quantitative estimate of drug-likeness (QED) is 0.581. The van der Waals surface area contributed by atoms with Gasteiger partial charge < -0.3 is 5.32 Å². The lowest BCUT2D eigenvalue weighted by Crippen LogP contribution is -2.43. The molecule has 24 heavy (non-hydrogen) atoms. The van der Waals surface area contributed by atoms with Crippen LogP contribution in [0.1, 0.15) is 5.69 Å². The molecule has 0 amide bonds. The minimum absolute atomic E-state index is 0.0944. The number of nitrogens with one attached hydrogen (secondary N) is 1. The molecule has 1 aliphatic heterocycles. The summed E-state index contributed by atoms with van der Waals surface area (Å²) in [5.74, 6) is 0. The highest BCUT2D eigenvalue weighted by molar-refractivity contribution is 7.15. The molecule has 124 valence electrons. The number of benzene rings is 1. The Labute approximate surface area is 142 Å². The molecule has 1 aliphatic rings. The van der Waals surface area contributed by atoms with E-state index in [4.69, 9.17) is 4.98 Å². The van der Waals surface area contributed by atoms with Gasteiger partial charge in [0, 0.05) is 62.0 Å². The molecule has 0 radical (unpaired) electrons. The summed E-state index contributed by atoms with van der Waals surface area (Å²) < 4.78 is 2.10. The van der Waals surface area contributed by atoms with Gasteiger partial charge in [-0.1, -0.05) is 12.1 Å². The van der Waals surface area contributed by atoms with Gasteiger partial charge in [0.25, 0.3) is 5.69 Å². The van der Waals surface area contributed by atoms with Crippen LogP contribution in [0.25, 0.3) is 16.2 Å². The standard InChI is InChI=1S/C16H17N5O2S/c22-21(23)13-3-1-2-12(10-13)15-14(11-19-6-4-17-5-7-19)20-8-9-24-16(20)18-15/h1-3,8-10,17H,4-7,11H2. The van der Waals surface area contributed by atoms with Crippen LogP contribution in [-0.2, 0) is 6.54 Å². The predicted molar refractivity (Wildman–Crippen MR) is 93.3 cm³/mol. The number of piperazine rings is 1. The Morgan fingerprint density at radius 2 is 2.17 bits per heavy atom. The van der Waals surface area contributed by atoms with Crippen molar-refractivity contribution in [2.24, 2.45) is 0 Å². The molecule has 0 bridgehead atoms. The molecule has 3 heterocycles. The van der Waals surface area contributed by atoms with E-state index in [2.05, 4.69) is 14.6 Å². The van der Waals surface area contributed by atoms with Crippen molar-refractivity contribution >= 4 is 22.0 Å². The van der Waals surface area contributed by atoms with E-state index in [-0.39, 0.29) is 10.6 Å². The normalized spacial score (nSPS) is 15.8. The van der Waals surface area contributed by atoms with Gasteiger partial charge in [-0.15, -0.1) is 11.3 Å². The molecule has 1 aromatic carbocycles. The number of imidazole rings is 1. The highest BCUT2D eigenvalue weighted by atomic mass is 32.1. The SMILES string of the molecule is O=[N+]([O-])c1cccc(-c2nc3sccn3c2CN2CCNCC2)c1. The molecule has 0 spiro atoms. The Morgan fingerprint density at radius 1 is 1.33 bits per heavy atom. The number of rotatable bonds is 4. The number of non-ortho nitro benzene ring substituents is 1. The maximum atomic E-state index is 11.1. The first kappa shape index (κ1) is 15.3. The van der Waals surface area contributed by atoms with Crippen LogP contribution in [0.4, 0.5) is 5.69 Å². The second kappa shape index (κ2) is 6.31. The third-order valence-electron chi connectivity index (χ3n) is 4.27. The minimum atomic E-state index is -0.363. The second-order valence-electron chi connectivity index (χ2n) is 5.80. The number of thiazole rings is 1. The number of aromatic nitrogens is 2. The van der Waals surface area contributed by atoms with Gasteiger partial charge in [0.1, 0.15) is 0 Å². The number of fused-ring (bicyclic) bond motifs is 1. The van der Waals surface area contributed by atoms with Crippen LogP contribution in [0.5, 0.6) is 0 Å². The lowest BCUT2D eigenvalue weighted by molar-refractivity contribution is -0.384. The fourth-order valence-corrected chi connectivity index (χ4v) is 3.80. The van der Waals surface area contributed by atoms with Gasteiger partial charge in [-0.25, -0.2) is 4.98 Å². The van der Waals surface area contributed by atoms with Crippen LogP contribution in [0, 0.1) is 10.1 Å².